The van der Waals surface area contributed by atoms with Crippen molar-refractivity contribution in [2.24, 2.45) is 4.99 Å². The van der Waals surface area contributed by atoms with Crippen LogP contribution in [-0.2, 0) is 24.1 Å². The van der Waals surface area contributed by atoms with Crippen molar-refractivity contribution in [3.63, 3.8) is 0 Å². The number of furan rings is 1. The molecule has 0 saturated carbocycles. The average molecular weight is 363 g/mol. The van der Waals surface area contributed by atoms with Crippen molar-refractivity contribution >= 4 is 5.96 Å². The number of benzene rings is 1. The van der Waals surface area contributed by atoms with Gasteiger partial charge in [0.05, 0.1) is 19.4 Å². The number of guanidine groups is 1. The first-order valence-electron chi connectivity index (χ1n) is 8.68. The Bertz CT molecular complexity index is 747. The molecule has 26 heavy (non-hydrogen) atoms. The van der Waals surface area contributed by atoms with Crippen LogP contribution in [0.4, 0.5) is 8.78 Å². The van der Waals surface area contributed by atoms with Crippen molar-refractivity contribution in [1.29, 1.82) is 0 Å². The highest BCUT2D eigenvalue weighted by Gasteiger charge is 2.22. The van der Waals surface area contributed by atoms with E-state index in [-0.39, 0.29) is 0 Å². The average Bonchev–Trinajstić information content (AvgIpc) is 3.13. The van der Waals surface area contributed by atoms with Crippen molar-refractivity contribution in [2.45, 2.75) is 19.4 Å². The van der Waals surface area contributed by atoms with Gasteiger partial charge >= 0.3 is 0 Å². The van der Waals surface area contributed by atoms with Gasteiger partial charge in [0.2, 0.25) is 0 Å². The van der Waals surface area contributed by atoms with Crippen LogP contribution >= 0.6 is 0 Å². The number of ether oxygens (including phenoxy) is 1. The molecule has 0 spiro atoms. The van der Waals surface area contributed by atoms with Crippen LogP contribution in [-0.4, -0.2) is 44.2 Å². The minimum Gasteiger partial charge on any atom is -0.469 e. The highest BCUT2D eigenvalue weighted by molar-refractivity contribution is 5.80. The fourth-order valence-electron chi connectivity index (χ4n) is 3.05. The fourth-order valence-corrected chi connectivity index (χ4v) is 3.05. The van der Waals surface area contributed by atoms with Gasteiger partial charge in [0.15, 0.2) is 5.96 Å². The molecule has 1 aliphatic rings. The van der Waals surface area contributed by atoms with Crippen LogP contribution in [0.25, 0.3) is 0 Å². The molecule has 2 aromatic rings. The van der Waals surface area contributed by atoms with Gasteiger partial charge in [-0.25, -0.2) is 8.78 Å². The van der Waals surface area contributed by atoms with E-state index in [0.29, 0.717) is 56.3 Å². The molecule has 0 radical (unpaired) electrons. The second kappa shape index (κ2) is 8.80. The molecule has 0 saturated heterocycles. The topological polar surface area (TPSA) is 50.0 Å². The van der Waals surface area contributed by atoms with Crippen LogP contribution in [0.1, 0.15) is 16.9 Å². The number of fused-ring (bicyclic) bond motifs is 1. The van der Waals surface area contributed by atoms with Crippen LogP contribution in [0.3, 0.4) is 0 Å². The number of aliphatic imine (C=N–C) groups is 1. The van der Waals surface area contributed by atoms with E-state index in [9.17, 15) is 8.78 Å². The summed E-state index contributed by atoms with van der Waals surface area (Å²) in [5.41, 5.74) is 1.26. The number of nitrogens with zero attached hydrogens (tertiary/aromatic N) is 2. The Hall–Kier alpha value is -2.41. The third-order valence-electron chi connectivity index (χ3n) is 4.34. The molecule has 0 amide bonds. The molecule has 3 rings (SSSR count). The normalized spacial score (nSPS) is 14.4. The molecule has 2 heterocycles. The summed E-state index contributed by atoms with van der Waals surface area (Å²) in [5, 5.41) is 3.32. The van der Waals surface area contributed by atoms with E-state index < -0.39 is 11.6 Å². The molecule has 1 N–H and O–H groups in total. The molecule has 0 aliphatic carbocycles. The number of hydrogen-bond donors (Lipinski definition) is 1. The summed E-state index contributed by atoms with van der Waals surface area (Å²) in [6.07, 6.45) is 2.89. The molecule has 0 atom stereocenters. The highest BCUT2D eigenvalue weighted by Crippen LogP contribution is 2.23. The lowest BCUT2D eigenvalue weighted by molar-refractivity contribution is 0.207. The maximum Gasteiger partial charge on any atom is 0.194 e. The molecule has 7 heteroatoms. The van der Waals surface area contributed by atoms with Crippen molar-refractivity contribution in [3.05, 3.63) is 59.1 Å². The zero-order valence-corrected chi connectivity index (χ0v) is 14.8. The second-order valence-corrected chi connectivity index (χ2v) is 6.15. The van der Waals surface area contributed by atoms with Gasteiger partial charge in [0, 0.05) is 39.2 Å². The summed E-state index contributed by atoms with van der Waals surface area (Å²) in [4.78, 5) is 6.58. The smallest absolute Gasteiger partial charge is 0.194 e. The number of hydrogen-bond acceptors (Lipinski definition) is 3. The van der Waals surface area contributed by atoms with Crippen molar-refractivity contribution in [3.8, 4) is 0 Å². The summed E-state index contributed by atoms with van der Waals surface area (Å²) in [7, 11) is 1.63. The van der Waals surface area contributed by atoms with Gasteiger partial charge in [-0.1, -0.05) is 0 Å². The van der Waals surface area contributed by atoms with Crippen molar-refractivity contribution < 1.29 is 17.9 Å². The predicted molar refractivity (Wildman–Crippen MR) is 95.1 cm³/mol. The Labute approximate surface area is 151 Å². The lowest BCUT2D eigenvalue weighted by Gasteiger charge is -2.32. The standard InChI is InChI=1S/C19H23F2N3O2/c1-25-10-7-23-19(22-6-4-16-3-2-9-26-16)24-8-5-17-14(13-24)11-15(20)12-18(17)21/h2-3,9,11-12H,4-8,10,13H2,1H3,(H,22,23). The molecule has 0 bridgehead atoms. The minimum atomic E-state index is -0.549. The molecule has 0 unspecified atom stereocenters. The number of halogens is 2. The van der Waals surface area contributed by atoms with E-state index in [1.54, 1.807) is 13.4 Å². The molecule has 5 nitrogen and oxygen atoms in total. The summed E-state index contributed by atoms with van der Waals surface area (Å²) in [5.74, 6) is 0.584. The van der Waals surface area contributed by atoms with Gasteiger partial charge < -0.3 is 19.4 Å². The zero-order chi connectivity index (χ0) is 18.4. The number of rotatable bonds is 6. The first kappa shape index (κ1) is 18.4. The van der Waals surface area contributed by atoms with Gasteiger partial charge in [-0.3, -0.25) is 4.99 Å². The van der Waals surface area contributed by atoms with Crippen LogP contribution < -0.4 is 5.32 Å². The zero-order valence-electron chi connectivity index (χ0n) is 14.8. The maximum atomic E-state index is 13.9. The predicted octanol–water partition coefficient (Wildman–Crippen LogP) is 2.75. The third-order valence-corrected chi connectivity index (χ3v) is 4.34. The van der Waals surface area contributed by atoms with Crippen LogP contribution in [0.5, 0.6) is 0 Å². The number of nitrogens with one attached hydrogen (secondary N) is 1. The van der Waals surface area contributed by atoms with E-state index in [4.69, 9.17) is 9.15 Å². The Morgan fingerprint density at radius 1 is 1.38 bits per heavy atom. The van der Waals surface area contributed by atoms with Gasteiger partial charge in [0.1, 0.15) is 17.4 Å². The quantitative estimate of drug-likeness (QED) is 0.487. The first-order chi connectivity index (χ1) is 12.7. The van der Waals surface area contributed by atoms with Crippen LogP contribution in [0.2, 0.25) is 0 Å². The van der Waals surface area contributed by atoms with Gasteiger partial charge in [-0.2, -0.15) is 0 Å². The molecule has 1 aromatic carbocycles. The minimum absolute atomic E-state index is 0.420. The van der Waals surface area contributed by atoms with Crippen molar-refractivity contribution in [2.75, 3.05) is 33.4 Å². The third kappa shape index (κ3) is 4.60. The van der Waals surface area contributed by atoms with Crippen LogP contribution in [0, 0.1) is 11.6 Å². The number of methoxy groups -OCH3 is 1. The second-order valence-electron chi connectivity index (χ2n) is 6.15. The Morgan fingerprint density at radius 2 is 2.27 bits per heavy atom. The lowest BCUT2D eigenvalue weighted by atomic mass is 9.99. The molecule has 0 fully saturated rings. The molecular weight excluding hydrogens is 340 g/mol. The first-order valence-corrected chi connectivity index (χ1v) is 8.68. The van der Waals surface area contributed by atoms with E-state index in [1.165, 1.54) is 6.07 Å². The Morgan fingerprint density at radius 3 is 3.04 bits per heavy atom. The monoisotopic (exact) mass is 363 g/mol. The summed E-state index contributed by atoms with van der Waals surface area (Å²) in [6.45, 7) is 2.72. The van der Waals surface area contributed by atoms with E-state index in [1.807, 2.05) is 17.0 Å². The van der Waals surface area contributed by atoms with Gasteiger partial charge in [-0.15, -0.1) is 0 Å². The van der Waals surface area contributed by atoms with Crippen LogP contribution in [0.15, 0.2) is 39.9 Å². The summed E-state index contributed by atoms with van der Waals surface area (Å²) >= 11 is 0. The van der Waals surface area contributed by atoms with E-state index in [0.717, 1.165) is 18.2 Å². The SMILES string of the molecule is COCCN=C(NCCc1ccco1)N1CCc2c(F)cc(F)cc2C1. The highest BCUT2D eigenvalue weighted by atomic mass is 19.1. The van der Waals surface area contributed by atoms with E-state index in [2.05, 4.69) is 10.3 Å². The van der Waals surface area contributed by atoms with Gasteiger partial charge in [0.25, 0.3) is 0 Å². The largest absolute Gasteiger partial charge is 0.469 e. The lowest BCUT2D eigenvalue weighted by Crippen LogP contribution is -2.45. The van der Waals surface area contributed by atoms with Gasteiger partial charge in [-0.05, 0) is 35.7 Å². The molecule has 1 aliphatic heterocycles. The Kier molecular flexibility index (Phi) is 6.22. The Balaban J connectivity index is 1.68. The molecule has 1 aromatic heterocycles. The fraction of sp³-hybridized carbons (Fsp3) is 0.421. The molecular formula is C19H23F2N3O2. The van der Waals surface area contributed by atoms with Crippen molar-refractivity contribution in [1.82, 2.24) is 10.2 Å². The van der Waals surface area contributed by atoms with E-state index >= 15 is 0 Å². The molecule has 140 valence electrons. The summed E-state index contributed by atoms with van der Waals surface area (Å²) in [6, 6.07) is 6.13. The maximum absolute atomic E-state index is 13.9. The summed E-state index contributed by atoms with van der Waals surface area (Å²) < 4.78 is 37.9.